The van der Waals surface area contributed by atoms with E-state index in [2.05, 4.69) is 23.9 Å². The van der Waals surface area contributed by atoms with Gasteiger partial charge in [-0.3, -0.25) is 4.79 Å². The molecule has 2 rings (SSSR count). The van der Waals surface area contributed by atoms with E-state index in [1.807, 2.05) is 0 Å². The van der Waals surface area contributed by atoms with Crippen LogP contribution in [0.3, 0.4) is 0 Å². The Morgan fingerprint density at radius 3 is 2.36 bits per heavy atom. The van der Waals surface area contributed by atoms with Crippen molar-refractivity contribution in [2.45, 2.75) is 51.0 Å². The number of nitrogens with one attached hydrogen (secondary N) is 2. The van der Waals surface area contributed by atoms with Gasteiger partial charge < -0.3 is 5.32 Å². The lowest BCUT2D eigenvalue weighted by Crippen LogP contribution is -2.43. The number of benzene rings is 1. The van der Waals surface area contributed by atoms with Crippen molar-refractivity contribution in [2.24, 2.45) is 11.8 Å². The minimum Gasteiger partial charge on any atom is -0.326 e. The van der Waals surface area contributed by atoms with Gasteiger partial charge in [0.15, 0.2) is 0 Å². The van der Waals surface area contributed by atoms with Gasteiger partial charge in [0.05, 0.1) is 4.90 Å². The summed E-state index contributed by atoms with van der Waals surface area (Å²) >= 11 is 0. The van der Waals surface area contributed by atoms with Crippen LogP contribution in [0, 0.1) is 11.8 Å². The second-order valence-corrected chi connectivity index (χ2v) is 7.91. The summed E-state index contributed by atoms with van der Waals surface area (Å²) in [4.78, 5) is 11.2. The maximum absolute atomic E-state index is 12.5. The SMILES string of the molecule is CC(=O)Nc1ccc(S(=O)(=O)N[C@@H]2CCC[C@@H](C)[C@H]2C)cc1. The minimum absolute atomic E-state index is 0.0104. The lowest BCUT2D eigenvalue weighted by molar-refractivity contribution is -0.114. The number of amides is 1. The highest BCUT2D eigenvalue weighted by Crippen LogP contribution is 2.30. The molecular weight excluding hydrogens is 300 g/mol. The summed E-state index contributed by atoms with van der Waals surface area (Å²) in [7, 11) is -3.52. The fraction of sp³-hybridized carbons (Fsp3) is 0.562. The highest BCUT2D eigenvalue weighted by Gasteiger charge is 2.30. The van der Waals surface area contributed by atoms with E-state index in [1.165, 1.54) is 19.1 Å². The molecule has 22 heavy (non-hydrogen) atoms. The van der Waals surface area contributed by atoms with Crippen LogP contribution in [0.25, 0.3) is 0 Å². The summed E-state index contributed by atoms with van der Waals surface area (Å²) in [5, 5.41) is 2.62. The van der Waals surface area contributed by atoms with E-state index in [0.29, 0.717) is 17.5 Å². The predicted molar refractivity (Wildman–Crippen MR) is 87.0 cm³/mol. The lowest BCUT2D eigenvalue weighted by atomic mass is 9.78. The largest absolute Gasteiger partial charge is 0.326 e. The van der Waals surface area contributed by atoms with Gasteiger partial charge in [-0.05, 0) is 42.5 Å². The van der Waals surface area contributed by atoms with Gasteiger partial charge in [0, 0.05) is 18.7 Å². The molecule has 1 fully saturated rings. The Morgan fingerprint density at radius 1 is 1.14 bits per heavy atom. The Labute approximate surface area is 132 Å². The Hall–Kier alpha value is -1.40. The van der Waals surface area contributed by atoms with Crippen molar-refractivity contribution in [3.8, 4) is 0 Å². The second kappa shape index (κ2) is 6.79. The molecule has 122 valence electrons. The minimum atomic E-state index is -3.52. The van der Waals surface area contributed by atoms with Crippen LogP contribution in [0.4, 0.5) is 5.69 Å². The molecule has 2 N–H and O–H groups in total. The zero-order valence-electron chi connectivity index (χ0n) is 13.3. The van der Waals surface area contributed by atoms with Crippen molar-refractivity contribution in [3.05, 3.63) is 24.3 Å². The molecule has 5 nitrogen and oxygen atoms in total. The van der Waals surface area contributed by atoms with Crippen molar-refractivity contribution in [1.82, 2.24) is 4.72 Å². The van der Waals surface area contributed by atoms with Crippen LogP contribution in [0.15, 0.2) is 29.2 Å². The summed E-state index contributed by atoms with van der Waals surface area (Å²) < 4.78 is 27.8. The molecule has 0 saturated heterocycles. The molecule has 0 aliphatic heterocycles. The topological polar surface area (TPSA) is 75.3 Å². The van der Waals surface area contributed by atoms with Crippen LogP contribution in [0.1, 0.15) is 40.0 Å². The Bertz CT molecular complexity index is 625. The summed E-state index contributed by atoms with van der Waals surface area (Å²) in [5.74, 6) is 0.685. The molecule has 0 radical (unpaired) electrons. The molecule has 1 aliphatic carbocycles. The van der Waals surface area contributed by atoms with Gasteiger partial charge in [0.2, 0.25) is 15.9 Å². The monoisotopic (exact) mass is 324 g/mol. The van der Waals surface area contributed by atoms with Crippen LogP contribution in [-0.2, 0) is 14.8 Å². The average Bonchev–Trinajstić information content (AvgIpc) is 2.44. The first kappa shape index (κ1) is 17.0. The van der Waals surface area contributed by atoms with Gasteiger partial charge in [0.25, 0.3) is 0 Å². The summed E-state index contributed by atoms with van der Waals surface area (Å²) in [6.07, 6.45) is 3.10. The predicted octanol–water partition coefficient (Wildman–Crippen LogP) is 2.75. The summed E-state index contributed by atoms with van der Waals surface area (Å²) in [5.41, 5.74) is 0.589. The third-order valence-electron chi connectivity index (χ3n) is 4.50. The van der Waals surface area contributed by atoms with Crippen LogP contribution >= 0.6 is 0 Å². The molecule has 6 heteroatoms. The van der Waals surface area contributed by atoms with Gasteiger partial charge >= 0.3 is 0 Å². The van der Waals surface area contributed by atoms with Gasteiger partial charge in [0.1, 0.15) is 0 Å². The number of hydrogen-bond acceptors (Lipinski definition) is 3. The first-order valence-corrected chi connectivity index (χ1v) is 9.18. The smallest absolute Gasteiger partial charge is 0.240 e. The average molecular weight is 324 g/mol. The molecule has 0 aromatic heterocycles. The Morgan fingerprint density at radius 2 is 1.77 bits per heavy atom. The van der Waals surface area contributed by atoms with E-state index < -0.39 is 10.0 Å². The van der Waals surface area contributed by atoms with Crippen LogP contribution in [0.2, 0.25) is 0 Å². The molecule has 1 aromatic rings. The standard InChI is InChI=1S/C16H24N2O3S/c1-11-5-4-6-16(12(11)2)18-22(20,21)15-9-7-14(8-10-15)17-13(3)19/h7-12,16,18H,4-6H2,1-3H3,(H,17,19)/t11-,12-,16-/m1/s1. The second-order valence-electron chi connectivity index (χ2n) is 6.20. The summed E-state index contributed by atoms with van der Waals surface area (Å²) in [6, 6.07) is 6.23. The van der Waals surface area contributed by atoms with Crippen LogP contribution < -0.4 is 10.0 Å². The van der Waals surface area contributed by atoms with E-state index in [4.69, 9.17) is 0 Å². The maximum atomic E-state index is 12.5. The maximum Gasteiger partial charge on any atom is 0.240 e. The molecular formula is C16H24N2O3S. The molecule has 0 unspecified atom stereocenters. The molecule has 0 heterocycles. The highest BCUT2D eigenvalue weighted by molar-refractivity contribution is 7.89. The normalized spacial score (nSPS) is 25.7. The first-order valence-electron chi connectivity index (χ1n) is 7.69. The van der Waals surface area contributed by atoms with Crippen molar-refractivity contribution >= 4 is 21.6 Å². The fourth-order valence-corrected chi connectivity index (χ4v) is 4.30. The van der Waals surface area contributed by atoms with Crippen LogP contribution in [-0.4, -0.2) is 20.4 Å². The molecule has 1 amide bonds. The number of sulfonamides is 1. The molecule has 1 saturated carbocycles. The summed E-state index contributed by atoms with van der Waals surface area (Å²) in [6.45, 7) is 5.70. The van der Waals surface area contributed by atoms with Crippen molar-refractivity contribution in [2.75, 3.05) is 5.32 Å². The Kier molecular flexibility index (Phi) is 5.24. The molecule has 0 bridgehead atoms. The highest BCUT2D eigenvalue weighted by atomic mass is 32.2. The third-order valence-corrected chi connectivity index (χ3v) is 6.00. The first-order chi connectivity index (χ1) is 10.3. The number of carbonyl (C=O) groups excluding carboxylic acids is 1. The fourth-order valence-electron chi connectivity index (χ4n) is 2.94. The molecule has 1 aliphatic rings. The molecule has 3 atom stereocenters. The number of hydrogen-bond donors (Lipinski definition) is 2. The number of carbonyl (C=O) groups is 1. The third kappa shape index (κ3) is 4.08. The van der Waals surface area contributed by atoms with Crippen molar-refractivity contribution < 1.29 is 13.2 Å². The zero-order chi connectivity index (χ0) is 16.3. The van der Waals surface area contributed by atoms with Gasteiger partial charge in [-0.1, -0.05) is 26.7 Å². The van der Waals surface area contributed by atoms with Crippen molar-refractivity contribution in [3.63, 3.8) is 0 Å². The van der Waals surface area contributed by atoms with Crippen molar-refractivity contribution in [1.29, 1.82) is 0 Å². The van der Waals surface area contributed by atoms with Gasteiger partial charge in [-0.25, -0.2) is 13.1 Å². The van der Waals surface area contributed by atoms with E-state index in [-0.39, 0.29) is 16.8 Å². The van der Waals surface area contributed by atoms with E-state index >= 15 is 0 Å². The quantitative estimate of drug-likeness (QED) is 0.894. The van der Waals surface area contributed by atoms with Crippen LogP contribution in [0.5, 0.6) is 0 Å². The van der Waals surface area contributed by atoms with E-state index in [0.717, 1.165) is 19.3 Å². The number of rotatable bonds is 4. The zero-order valence-corrected chi connectivity index (χ0v) is 14.1. The Balaban J connectivity index is 2.11. The van der Waals surface area contributed by atoms with Gasteiger partial charge in [-0.15, -0.1) is 0 Å². The molecule has 1 aromatic carbocycles. The lowest BCUT2D eigenvalue weighted by Gasteiger charge is -2.34. The number of anilines is 1. The molecule has 0 spiro atoms. The van der Waals surface area contributed by atoms with E-state index in [9.17, 15) is 13.2 Å². The van der Waals surface area contributed by atoms with Gasteiger partial charge in [-0.2, -0.15) is 0 Å². The van der Waals surface area contributed by atoms with E-state index in [1.54, 1.807) is 12.1 Å².